The lowest BCUT2D eigenvalue weighted by atomic mass is 10.4. The van der Waals surface area contributed by atoms with E-state index in [2.05, 4.69) is 15.7 Å². The second kappa shape index (κ2) is 4.68. The lowest BCUT2D eigenvalue weighted by molar-refractivity contribution is 0.252. The molecule has 0 spiro atoms. The van der Waals surface area contributed by atoms with E-state index in [9.17, 15) is 4.79 Å². The summed E-state index contributed by atoms with van der Waals surface area (Å²) in [5.41, 5.74) is 6.97. The first-order valence-electron chi connectivity index (χ1n) is 4.90. The van der Waals surface area contributed by atoms with Crippen LogP contribution in [0.25, 0.3) is 0 Å². The van der Waals surface area contributed by atoms with Crippen LogP contribution in [0, 0.1) is 6.92 Å². The van der Waals surface area contributed by atoms with Crippen molar-refractivity contribution < 1.29 is 4.79 Å². The molecule has 15 heavy (non-hydrogen) atoms. The molecule has 84 valence electrons. The zero-order chi connectivity index (χ0) is 11.4. The zero-order valence-corrected chi connectivity index (χ0v) is 9.29. The van der Waals surface area contributed by atoms with Gasteiger partial charge in [-0.1, -0.05) is 6.92 Å². The van der Waals surface area contributed by atoms with E-state index in [-0.39, 0.29) is 6.03 Å². The first-order chi connectivity index (χ1) is 7.06. The van der Waals surface area contributed by atoms with Gasteiger partial charge in [-0.2, -0.15) is 5.10 Å². The third-order valence-electron chi connectivity index (χ3n) is 2.04. The molecule has 2 amide bonds. The summed E-state index contributed by atoms with van der Waals surface area (Å²) in [6.45, 7) is 4.43. The normalized spacial score (nSPS) is 10.1. The third-order valence-corrected chi connectivity index (χ3v) is 2.04. The predicted molar refractivity (Wildman–Crippen MR) is 59.7 cm³/mol. The predicted octanol–water partition coefficient (Wildman–Crippen LogP) is 0.842. The van der Waals surface area contributed by atoms with Gasteiger partial charge < -0.3 is 11.1 Å². The van der Waals surface area contributed by atoms with Crippen molar-refractivity contribution in [2.45, 2.75) is 20.3 Å². The van der Waals surface area contributed by atoms with Crippen LogP contribution in [0.1, 0.15) is 19.0 Å². The molecule has 0 saturated heterocycles. The van der Waals surface area contributed by atoms with E-state index in [0.29, 0.717) is 23.7 Å². The van der Waals surface area contributed by atoms with E-state index in [0.717, 1.165) is 6.42 Å². The van der Waals surface area contributed by atoms with Gasteiger partial charge >= 0.3 is 6.03 Å². The van der Waals surface area contributed by atoms with Gasteiger partial charge in [-0.05, 0) is 13.3 Å². The molecule has 0 aliphatic heterocycles. The monoisotopic (exact) mass is 211 g/mol. The zero-order valence-electron chi connectivity index (χ0n) is 9.29. The molecule has 0 saturated carbocycles. The van der Waals surface area contributed by atoms with Crippen molar-refractivity contribution in [3.05, 3.63) is 5.69 Å². The molecule has 0 radical (unpaired) electrons. The molecule has 0 aliphatic rings. The lowest BCUT2D eigenvalue weighted by Gasteiger charge is -2.07. The van der Waals surface area contributed by atoms with Crippen LogP contribution < -0.4 is 16.4 Å². The number of aromatic nitrogens is 2. The third kappa shape index (κ3) is 2.61. The smallest absolute Gasteiger partial charge is 0.320 e. The fraction of sp³-hybridized carbons (Fsp3) is 0.556. The Hall–Kier alpha value is -1.72. The summed E-state index contributed by atoms with van der Waals surface area (Å²) in [4.78, 5) is 11.4. The van der Waals surface area contributed by atoms with Gasteiger partial charge in [0.2, 0.25) is 0 Å². The molecule has 0 unspecified atom stereocenters. The minimum Gasteiger partial charge on any atom is -0.394 e. The topological polar surface area (TPSA) is 85.0 Å². The highest BCUT2D eigenvalue weighted by Crippen LogP contribution is 2.20. The minimum atomic E-state index is -0.258. The van der Waals surface area contributed by atoms with Crippen LogP contribution in [0.15, 0.2) is 0 Å². The molecular weight excluding hydrogens is 194 g/mol. The van der Waals surface area contributed by atoms with Crippen molar-refractivity contribution in [3.8, 4) is 0 Å². The van der Waals surface area contributed by atoms with Crippen LogP contribution in [-0.2, 0) is 7.05 Å². The van der Waals surface area contributed by atoms with Crippen LogP contribution in [0.3, 0.4) is 0 Å². The Morgan fingerprint density at radius 3 is 2.73 bits per heavy atom. The maximum atomic E-state index is 11.4. The van der Waals surface area contributed by atoms with E-state index in [1.54, 1.807) is 18.7 Å². The summed E-state index contributed by atoms with van der Waals surface area (Å²) in [7, 11) is 1.73. The van der Waals surface area contributed by atoms with Crippen LogP contribution >= 0.6 is 0 Å². The minimum absolute atomic E-state index is 0.258. The number of nitrogens with one attached hydrogen (secondary N) is 2. The maximum absolute atomic E-state index is 11.4. The Bertz CT molecular complexity index is 358. The number of carbonyl (C=O) groups excluding carboxylic acids is 1. The number of urea groups is 1. The van der Waals surface area contributed by atoms with E-state index >= 15 is 0 Å². The first-order valence-corrected chi connectivity index (χ1v) is 4.90. The number of carbonyl (C=O) groups is 1. The Morgan fingerprint density at radius 2 is 2.27 bits per heavy atom. The Balaban J connectivity index is 2.68. The van der Waals surface area contributed by atoms with Crippen LogP contribution in [-0.4, -0.2) is 22.4 Å². The summed E-state index contributed by atoms with van der Waals surface area (Å²) >= 11 is 0. The van der Waals surface area contributed by atoms with Gasteiger partial charge in [0.1, 0.15) is 0 Å². The van der Waals surface area contributed by atoms with E-state index in [1.165, 1.54) is 0 Å². The van der Waals surface area contributed by atoms with Gasteiger partial charge in [-0.15, -0.1) is 0 Å². The van der Waals surface area contributed by atoms with Crippen LogP contribution in [0.4, 0.5) is 16.3 Å². The average Bonchev–Trinajstić information content (AvgIpc) is 2.42. The highest BCUT2D eigenvalue weighted by Gasteiger charge is 2.11. The number of rotatable bonds is 3. The number of nitrogens with zero attached hydrogens (tertiary/aromatic N) is 2. The summed E-state index contributed by atoms with van der Waals surface area (Å²) in [6, 6.07) is -0.258. The van der Waals surface area contributed by atoms with E-state index < -0.39 is 0 Å². The molecule has 1 rings (SSSR count). The van der Waals surface area contributed by atoms with E-state index in [4.69, 9.17) is 5.73 Å². The molecule has 0 fully saturated rings. The number of aryl methyl sites for hydroxylation is 2. The van der Waals surface area contributed by atoms with Crippen LogP contribution in [0.2, 0.25) is 0 Å². The Morgan fingerprint density at radius 1 is 1.60 bits per heavy atom. The molecule has 0 bridgehead atoms. The van der Waals surface area contributed by atoms with Crippen molar-refractivity contribution in [2.75, 3.05) is 17.6 Å². The fourth-order valence-electron chi connectivity index (χ4n) is 1.21. The number of hydrogen-bond donors (Lipinski definition) is 3. The molecule has 0 aromatic carbocycles. The second-order valence-electron chi connectivity index (χ2n) is 3.35. The highest BCUT2D eigenvalue weighted by molar-refractivity contribution is 5.91. The summed E-state index contributed by atoms with van der Waals surface area (Å²) < 4.78 is 1.55. The molecule has 0 aliphatic carbocycles. The molecular formula is C9H17N5O. The van der Waals surface area contributed by atoms with Gasteiger partial charge in [0.05, 0.1) is 11.4 Å². The number of nitrogen functional groups attached to an aromatic ring is 1. The number of nitrogens with two attached hydrogens (primary N) is 1. The fourth-order valence-corrected chi connectivity index (χ4v) is 1.21. The van der Waals surface area contributed by atoms with E-state index in [1.807, 2.05) is 6.92 Å². The first kappa shape index (κ1) is 11.4. The molecule has 6 heteroatoms. The van der Waals surface area contributed by atoms with Crippen molar-refractivity contribution >= 4 is 17.5 Å². The van der Waals surface area contributed by atoms with Crippen molar-refractivity contribution in [2.24, 2.45) is 7.05 Å². The molecule has 4 N–H and O–H groups in total. The van der Waals surface area contributed by atoms with Crippen molar-refractivity contribution in [1.29, 1.82) is 0 Å². The molecule has 6 nitrogen and oxygen atoms in total. The number of anilines is 2. The van der Waals surface area contributed by atoms with Crippen LogP contribution in [0.5, 0.6) is 0 Å². The van der Waals surface area contributed by atoms with Gasteiger partial charge in [0, 0.05) is 13.6 Å². The van der Waals surface area contributed by atoms with Crippen molar-refractivity contribution in [1.82, 2.24) is 15.1 Å². The molecule has 1 aromatic rings. The molecule has 1 heterocycles. The summed E-state index contributed by atoms with van der Waals surface area (Å²) in [5.74, 6) is 0.529. The standard InChI is InChI=1S/C9H17N5O/c1-4-5-11-9(15)12-8-7(10)6(2)13-14(8)3/h4-5,10H2,1-3H3,(H2,11,12,15). The average molecular weight is 211 g/mol. The summed E-state index contributed by atoms with van der Waals surface area (Å²) in [5, 5.41) is 9.45. The number of amides is 2. The van der Waals surface area contributed by atoms with Crippen molar-refractivity contribution in [3.63, 3.8) is 0 Å². The Labute approximate surface area is 88.8 Å². The second-order valence-corrected chi connectivity index (χ2v) is 3.35. The highest BCUT2D eigenvalue weighted by atomic mass is 16.2. The quantitative estimate of drug-likeness (QED) is 0.692. The molecule has 1 aromatic heterocycles. The van der Waals surface area contributed by atoms with Gasteiger partial charge in [-0.3, -0.25) is 10.00 Å². The summed E-state index contributed by atoms with van der Waals surface area (Å²) in [6.07, 6.45) is 0.896. The largest absolute Gasteiger partial charge is 0.394 e. The van der Waals surface area contributed by atoms with Gasteiger partial charge in [0.25, 0.3) is 0 Å². The molecule has 0 atom stereocenters. The van der Waals surface area contributed by atoms with Gasteiger partial charge in [0.15, 0.2) is 5.82 Å². The SMILES string of the molecule is CCCNC(=O)Nc1c(N)c(C)nn1C. The Kier molecular flexibility index (Phi) is 3.54. The van der Waals surface area contributed by atoms with Gasteiger partial charge in [-0.25, -0.2) is 4.79 Å². The lowest BCUT2D eigenvalue weighted by Crippen LogP contribution is -2.30. The maximum Gasteiger partial charge on any atom is 0.320 e. The number of hydrogen-bond acceptors (Lipinski definition) is 3.